The lowest BCUT2D eigenvalue weighted by atomic mass is 10.2. The van der Waals surface area contributed by atoms with Gasteiger partial charge in [0.15, 0.2) is 0 Å². The van der Waals surface area contributed by atoms with E-state index in [4.69, 9.17) is 5.73 Å². The molecular formula is C13H17N3O. The van der Waals surface area contributed by atoms with Crippen LogP contribution < -0.4 is 16.4 Å². The minimum Gasteiger partial charge on any atom is -0.336 e. The molecule has 2 amide bonds. The summed E-state index contributed by atoms with van der Waals surface area (Å²) in [6, 6.07) is 7.22. The zero-order chi connectivity index (χ0) is 12.7. The van der Waals surface area contributed by atoms with Crippen LogP contribution >= 0.6 is 0 Å². The van der Waals surface area contributed by atoms with Gasteiger partial charge in [0.05, 0.1) is 12.2 Å². The lowest BCUT2D eigenvalue weighted by Crippen LogP contribution is -2.34. The lowest BCUT2D eigenvalue weighted by Gasteiger charge is -2.11. The average Bonchev–Trinajstić information content (AvgIpc) is 2.26. The van der Waals surface area contributed by atoms with Crippen LogP contribution in [0.1, 0.15) is 19.4 Å². The number of para-hydroxylation sites is 1. The summed E-state index contributed by atoms with van der Waals surface area (Å²) in [5.41, 5.74) is 6.77. The summed E-state index contributed by atoms with van der Waals surface area (Å²) < 4.78 is 0. The predicted molar refractivity (Wildman–Crippen MR) is 69.7 cm³/mol. The topological polar surface area (TPSA) is 67.2 Å². The largest absolute Gasteiger partial charge is 0.336 e. The molecule has 0 saturated carbocycles. The van der Waals surface area contributed by atoms with Crippen LogP contribution in [0.5, 0.6) is 0 Å². The van der Waals surface area contributed by atoms with Crippen molar-refractivity contribution >= 4 is 11.7 Å². The van der Waals surface area contributed by atoms with Gasteiger partial charge in [0.25, 0.3) is 0 Å². The Morgan fingerprint density at radius 3 is 2.76 bits per heavy atom. The van der Waals surface area contributed by atoms with Gasteiger partial charge in [0.1, 0.15) is 0 Å². The number of urea groups is 1. The number of benzene rings is 1. The highest BCUT2D eigenvalue weighted by Gasteiger charge is 2.05. The molecule has 0 atom stereocenters. The van der Waals surface area contributed by atoms with Crippen LogP contribution in [0, 0.1) is 11.8 Å². The fourth-order valence-corrected chi connectivity index (χ4v) is 1.27. The molecule has 0 aliphatic heterocycles. The van der Waals surface area contributed by atoms with Crippen molar-refractivity contribution < 1.29 is 4.79 Å². The van der Waals surface area contributed by atoms with Crippen molar-refractivity contribution in [2.24, 2.45) is 5.73 Å². The van der Waals surface area contributed by atoms with Crippen LogP contribution in [0.25, 0.3) is 0 Å². The van der Waals surface area contributed by atoms with E-state index in [2.05, 4.69) is 22.5 Å². The number of carbonyl (C=O) groups is 1. The average molecular weight is 231 g/mol. The van der Waals surface area contributed by atoms with Crippen molar-refractivity contribution in [3.8, 4) is 11.8 Å². The molecular weight excluding hydrogens is 214 g/mol. The standard InChI is InChI=1S/C13H17N3O/c1-10(2)15-13(17)16-12-8-4-3-6-11(12)7-5-9-14/h3-4,6,8,10H,9,14H2,1-2H3,(H2,15,16,17). The number of hydrogen-bond donors (Lipinski definition) is 3. The number of nitrogens with one attached hydrogen (secondary N) is 2. The van der Waals surface area contributed by atoms with Crippen molar-refractivity contribution in [3.05, 3.63) is 29.8 Å². The quantitative estimate of drug-likeness (QED) is 0.676. The first-order chi connectivity index (χ1) is 8.13. The maximum atomic E-state index is 11.6. The first kappa shape index (κ1) is 13.1. The molecule has 0 radical (unpaired) electrons. The first-order valence-corrected chi connectivity index (χ1v) is 5.49. The molecule has 0 fully saturated rings. The van der Waals surface area contributed by atoms with Crippen LogP contribution in [0.15, 0.2) is 24.3 Å². The number of amides is 2. The second kappa shape index (κ2) is 6.56. The Kier molecular flexibility index (Phi) is 5.05. The predicted octanol–water partition coefficient (Wildman–Crippen LogP) is 1.53. The summed E-state index contributed by atoms with van der Waals surface area (Å²) in [6.07, 6.45) is 0. The van der Waals surface area contributed by atoms with Crippen LogP contribution in [-0.2, 0) is 0 Å². The molecule has 4 N–H and O–H groups in total. The summed E-state index contributed by atoms with van der Waals surface area (Å²) in [6.45, 7) is 4.10. The van der Waals surface area contributed by atoms with Gasteiger partial charge in [-0.05, 0) is 26.0 Å². The van der Waals surface area contributed by atoms with Crippen LogP contribution in [0.2, 0.25) is 0 Å². The number of anilines is 1. The number of hydrogen-bond acceptors (Lipinski definition) is 2. The summed E-state index contributed by atoms with van der Waals surface area (Å²) in [4.78, 5) is 11.6. The lowest BCUT2D eigenvalue weighted by molar-refractivity contribution is 0.250. The Balaban J connectivity index is 2.80. The van der Waals surface area contributed by atoms with Gasteiger partial charge in [-0.1, -0.05) is 24.0 Å². The van der Waals surface area contributed by atoms with E-state index in [-0.39, 0.29) is 12.1 Å². The van der Waals surface area contributed by atoms with E-state index < -0.39 is 0 Å². The van der Waals surface area contributed by atoms with Gasteiger partial charge in [0, 0.05) is 11.6 Å². The zero-order valence-electron chi connectivity index (χ0n) is 10.1. The van der Waals surface area contributed by atoms with Crippen molar-refractivity contribution in [3.63, 3.8) is 0 Å². The molecule has 0 unspecified atom stereocenters. The van der Waals surface area contributed by atoms with Crippen molar-refractivity contribution in [1.29, 1.82) is 0 Å². The van der Waals surface area contributed by atoms with E-state index in [1.54, 1.807) is 6.07 Å². The molecule has 0 spiro atoms. The molecule has 1 aromatic carbocycles. The molecule has 4 heteroatoms. The summed E-state index contributed by atoms with van der Waals surface area (Å²) in [5, 5.41) is 5.51. The monoisotopic (exact) mass is 231 g/mol. The minimum absolute atomic E-state index is 0.0947. The zero-order valence-corrected chi connectivity index (χ0v) is 10.1. The van der Waals surface area contributed by atoms with Gasteiger partial charge in [-0.25, -0.2) is 4.79 Å². The Morgan fingerprint density at radius 2 is 2.12 bits per heavy atom. The molecule has 90 valence electrons. The maximum absolute atomic E-state index is 11.6. The van der Waals surface area contributed by atoms with Gasteiger partial charge in [-0.15, -0.1) is 0 Å². The Labute approximate surface area is 102 Å². The van der Waals surface area contributed by atoms with Gasteiger partial charge in [-0.3, -0.25) is 0 Å². The van der Waals surface area contributed by atoms with Crippen LogP contribution in [0.3, 0.4) is 0 Å². The van der Waals surface area contributed by atoms with Gasteiger partial charge in [-0.2, -0.15) is 0 Å². The van der Waals surface area contributed by atoms with Gasteiger partial charge in [0.2, 0.25) is 0 Å². The molecule has 4 nitrogen and oxygen atoms in total. The van der Waals surface area contributed by atoms with E-state index in [1.165, 1.54) is 0 Å². The third-order valence-electron chi connectivity index (χ3n) is 1.92. The summed E-state index contributed by atoms with van der Waals surface area (Å²) >= 11 is 0. The molecule has 1 aromatic rings. The Morgan fingerprint density at radius 1 is 1.41 bits per heavy atom. The third kappa shape index (κ3) is 4.58. The molecule has 0 heterocycles. The molecule has 0 bridgehead atoms. The highest BCUT2D eigenvalue weighted by atomic mass is 16.2. The Hall–Kier alpha value is -1.99. The molecule has 1 rings (SSSR count). The normalized spacial score (nSPS) is 9.41. The molecule has 0 aliphatic carbocycles. The number of rotatable bonds is 2. The minimum atomic E-state index is -0.234. The van der Waals surface area contributed by atoms with E-state index in [9.17, 15) is 4.79 Å². The van der Waals surface area contributed by atoms with Crippen LogP contribution in [0.4, 0.5) is 10.5 Å². The smallest absolute Gasteiger partial charge is 0.319 e. The highest BCUT2D eigenvalue weighted by Crippen LogP contribution is 2.13. The highest BCUT2D eigenvalue weighted by molar-refractivity contribution is 5.90. The fourth-order valence-electron chi connectivity index (χ4n) is 1.27. The molecule has 0 aliphatic rings. The third-order valence-corrected chi connectivity index (χ3v) is 1.92. The first-order valence-electron chi connectivity index (χ1n) is 5.49. The summed E-state index contributed by atoms with van der Waals surface area (Å²) in [7, 11) is 0. The van der Waals surface area contributed by atoms with Gasteiger partial charge < -0.3 is 16.4 Å². The second-order valence-electron chi connectivity index (χ2n) is 3.80. The van der Waals surface area contributed by atoms with Crippen molar-refractivity contribution in [2.45, 2.75) is 19.9 Å². The van der Waals surface area contributed by atoms with E-state index in [0.29, 0.717) is 12.2 Å². The van der Waals surface area contributed by atoms with Crippen LogP contribution in [-0.4, -0.2) is 18.6 Å². The van der Waals surface area contributed by atoms with Gasteiger partial charge >= 0.3 is 6.03 Å². The molecule has 17 heavy (non-hydrogen) atoms. The summed E-state index contributed by atoms with van der Waals surface area (Å²) in [5.74, 6) is 5.68. The van der Waals surface area contributed by atoms with E-state index >= 15 is 0 Å². The number of nitrogens with two attached hydrogens (primary N) is 1. The molecule has 0 aromatic heterocycles. The van der Waals surface area contributed by atoms with E-state index in [0.717, 1.165) is 5.56 Å². The van der Waals surface area contributed by atoms with Crippen molar-refractivity contribution in [2.75, 3.05) is 11.9 Å². The van der Waals surface area contributed by atoms with E-state index in [1.807, 2.05) is 32.0 Å². The number of carbonyl (C=O) groups excluding carboxylic acids is 1. The SMILES string of the molecule is CC(C)NC(=O)Nc1ccccc1C#CCN. The second-order valence-corrected chi connectivity index (χ2v) is 3.80. The Bertz CT molecular complexity index is 443. The molecule has 0 saturated heterocycles. The fraction of sp³-hybridized carbons (Fsp3) is 0.308. The maximum Gasteiger partial charge on any atom is 0.319 e. The van der Waals surface area contributed by atoms with Crippen molar-refractivity contribution in [1.82, 2.24) is 5.32 Å².